The van der Waals surface area contributed by atoms with E-state index in [1.165, 1.54) is 36.4 Å². The fourth-order valence-electron chi connectivity index (χ4n) is 2.45. The van der Waals surface area contributed by atoms with Gasteiger partial charge in [-0.15, -0.1) is 0 Å². The second-order valence-corrected chi connectivity index (χ2v) is 6.29. The maximum atomic E-state index is 12.9. The second-order valence-electron chi connectivity index (χ2n) is 6.29. The number of Topliss-reactive ketones (excluding diaryl/α,β-unsaturated/α-hetero) is 1. The molecule has 0 aliphatic carbocycles. The predicted octanol–water partition coefficient (Wildman–Crippen LogP) is 4.39. The Morgan fingerprint density at radius 2 is 1.24 bits per heavy atom. The Morgan fingerprint density at radius 3 is 1.86 bits per heavy atom. The summed E-state index contributed by atoms with van der Waals surface area (Å²) in [5.74, 6) is -1.83. The van der Waals surface area contributed by atoms with Gasteiger partial charge < -0.3 is 9.47 Å². The van der Waals surface area contributed by atoms with E-state index in [-0.39, 0.29) is 11.3 Å². The summed E-state index contributed by atoms with van der Waals surface area (Å²) in [6.07, 6.45) is 0. The first-order valence-corrected chi connectivity index (χ1v) is 8.77. The van der Waals surface area contributed by atoms with Crippen LogP contribution in [-0.4, -0.2) is 24.3 Å². The molecule has 0 unspecified atom stereocenters. The Labute approximate surface area is 166 Å². The molecule has 146 valence electrons. The van der Waals surface area contributed by atoms with Crippen molar-refractivity contribution in [3.63, 3.8) is 0 Å². The third-order valence-electron chi connectivity index (χ3n) is 4.09. The highest BCUT2D eigenvalue weighted by molar-refractivity contribution is 5.99. The van der Waals surface area contributed by atoms with Gasteiger partial charge >= 0.3 is 11.9 Å². The molecule has 3 aromatic carbocycles. The minimum Gasteiger partial charge on any atom is -0.454 e. The number of hydrogen-bond donors (Lipinski definition) is 0. The molecular formula is C23H17FO5. The average Bonchev–Trinajstić information content (AvgIpc) is 2.73. The fourth-order valence-corrected chi connectivity index (χ4v) is 2.45. The predicted molar refractivity (Wildman–Crippen MR) is 104 cm³/mol. The van der Waals surface area contributed by atoms with E-state index in [2.05, 4.69) is 0 Å². The number of ether oxygens (including phenoxy) is 2. The van der Waals surface area contributed by atoms with Crippen molar-refractivity contribution in [2.24, 2.45) is 0 Å². The highest BCUT2D eigenvalue weighted by Crippen LogP contribution is 2.15. The van der Waals surface area contributed by atoms with Gasteiger partial charge in [0.05, 0.1) is 11.1 Å². The Morgan fingerprint density at radius 1 is 0.724 bits per heavy atom. The minimum absolute atomic E-state index is 0.151. The molecule has 0 aliphatic heterocycles. The van der Waals surface area contributed by atoms with Crippen LogP contribution in [-0.2, 0) is 4.74 Å². The number of esters is 2. The fraction of sp³-hybridized carbons (Fsp3) is 0.0870. The van der Waals surface area contributed by atoms with E-state index < -0.39 is 30.1 Å². The summed E-state index contributed by atoms with van der Waals surface area (Å²) >= 11 is 0. The largest absolute Gasteiger partial charge is 0.454 e. The topological polar surface area (TPSA) is 69.7 Å². The zero-order chi connectivity index (χ0) is 20.8. The van der Waals surface area contributed by atoms with Gasteiger partial charge in [0, 0.05) is 5.56 Å². The molecule has 0 amide bonds. The molecule has 6 heteroatoms. The normalized spacial score (nSPS) is 10.3. The van der Waals surface area contributed by atoms with Gasteiger partial charge in [-0.25, -0.2) is 14.0 Å². The Balaban J connectivity index is 1.55. The SMILES string of the molecule is Cc1ccc(C(=O)Oc2ccc(C(=O)COC(=O)c3ccc(F)cc3)cc2)cc1. The molecule has 3 aromatic rings. The first kappa shape index (κ1) is 19.9. The maximum absolute atomic E-state index is 12.9. The number of hydrogen-bond acceptors (Lipinski definition) is 5. The van der Waals surface area contributed by atoms with Crippen molar-refractivity contribution in [2.75, 3.05) is 6.61 Å². The van der Waals surface area contributed by atoms with Crippen molar-refractivity contribution in [1.82, 2.24) is 0 Å². The first-order chi connectivity index (χ1) is 13.9. The summed E-state index contributed by atoms with van der Waals surface area (Å²) in [4.78, 5) is 36.2. The van der Waals surface area contributed by atoms with Gasteiger partial charge in [0.15, 0.2) is 12.4 Å². The second kappa shape index (κ2) is 8.93. The van der Waals surface area contributed by atoms with Gasteiger partial charge in [0.25, 0.3) is 0 Å². The van der Waals surface area contributed by atoms with Crippen LogP contribution in [0.5, 0.6) is 5.75 Å². The third-order valence-corrected chi connectivity index (χ3v) is 4.09. The molecule has 0 saturated carbocycles. The number of carbonyl (C=O) groups excluding carboxylic acids is 3. The highest BCUT2D eigenvalue weighted by Gasteiger charge is 2.13. The number of ketones is 1. The lowest BCUT2D eigenvalue weighted by Crippen LogP contribution is -2.14. The number of aryl methyl sites for hydroxylation is 1. The van der Waals surface area contributed by atoms with Crippen LogP contribution < -0.4 is 4.74 Å². The van der Waals surface area contributed by atoms with Gasteiger partial charge in [-0.1, -0.05) is 17.7 Å². The van der Waals surface area contributed by atoms with Crippen LogP contribution in [0.1, 0.15) is 36.6 Å². The first-order valence-electron chi connectivity index (χ1n) is 8.77. The lowest BCUT2D eigenvalue weighted by Gasteiger charge is -2.07. The van der Waals surface area contributed by atoms with Crippen LogP contribution in [0, 0.1) is 12.7 Å². The molecule has 29 heavy (non-hydrogen) atoms. The van der Waals surface area contributed by atoms with Crippen molar-refractivity contribution in [2.45, 2.75) is 6.92 Å². The molecule has 5 nitrogen and oxygen atoms in total. The van der Waals surface area contributed by atoms with Crippen molar-refractivity contribution >= 4 is 17.7 Å². The summed E-state index contributed by atoms with van der Waals surface area (Å²) < 4.78 is 23.1. The van der Waals surface area contributed by atoms with E-state index in [1.807, 2.05) is 19.1 Å². The maximum Gasteiger partial charge on any atom is 0.343 e. The van der Waals surface area contributed by atoms with Crippen LogP contribution in [0.2, 0.25) is 0 Å². The summed E-state index contributed by atoms with van der Waals surface area (Å²) in [6, 6.07) is 17.7. The van der Waals surface area contributed by atoms with Crippen molar-refractivity contribution < 1.29 is 28.2 Å². The van der Waals surface area contributed by atoms with Crippen molar-refractivity contribution in [3.8, 4) is 5.75 Å². The Kier molecular flexibility index (Phi) is 6.14. The molecule has 0 radical (unpaired) electrons. The number of rotatable bonds is 6. The molecule has 0 aliphatic rings. The van der Waals surface area contributed by atoms with Crippen LogP contribution in [0.15, 0.2) is 72.8 Å². The average molecular weight is 392 g/mol. The molecule has 0 atom stereocenters. The lowest BCUT2D eigenvalue weighted by molar-refractivity contribution is 0.0474. The third kappa shape index (κ3) is 5.35. The molecule has 0 aromatic heterocycles. The molecule has 0 N–H and O–H groups in total. The van der Waals surface area contributed by atoms with E-state index in [9.17, 15) is 18.8 Å². The monoisotopic (exact) mass is 392 g/mol. The van der Waals surface area contributed by atoms with Crippen LogP contribution in [0.4, 0.5) is 4.39 Å². The molecular weight excluding hydrogens is 375 g/mol. The molecule has 0 bridgehead atoms. The van der Waals surface area contributed by atoms with Crippen LogP contribution in [0.3, 0.4) is 0 Å². The Hall–Kier alpha value is -3.80. The van der Waals surface area contributed by atoms with Crippen molar-refractivity contribution in [1.29, 1.82) is 0 Å². The van der Waals surface area contributed by atoms with E-state index in [0.717, 1.165) is 17.7 Å². The number of benzene rings is 3. The van der Waals surface area contributed by atoms with Gasteiger partial charge in [-0.05, 0) is 67.6 Å². The zero-order valence-corrected chi connectivity index (χ0v) is 15.6. The van der Waals surface area contributed by atoms with Crippen LogP contribution in [0.25, 0.3) is 0 Å². The summed E-state index contributed by atoms with van der Waals surface area (Å²) in [5.41, 5.74) is 1.90. The van der Waals surface area contributed by atoms with Crippen LogP contribution >= 0.6 is 0 Å². The molecule has 0 fully saturated rings. The van der Waals surface area contributed by atoms with E-state index in [1.54, 1.807) is 12.1 Å². The van der Waals surface area contributed by atoms with Gasteiger partial charge in [0.2, 0.25) is 0 Å². The van der Waals surface area contributed by atoms with Crippen molar-refractivity contribution in [3.05, 3.63) is 101 Å². The minimum atomic E-state index is -0.720. The zero-order valence-electron chi connectivity index (χ0n) is 15.6. The standard InChI is InChI=1S/C23H17FO5/c1-15-2-4-18(5-3-15)23(27)29-20-12-8-16(9-13-20)21(25)14-28-22(26)17-6-10-19(24)11-7-17/h2-13H,14H2,1H3. The molecule has 0 saturated heterocycles. The lowest BCUT2D eigenvalue weighted by atomic mass is 10.1. The number of halogens is 1. The smallest absolute Gasteiger partial charge is 0.343 e. The molecule has 0 heterocycles. The quantitative estimate of drug-likeness (QED) is 0.353. The summed E-state index contributed by atoms with van der Waals surface area (Å²) in [5, 5.41) is 0. The van der Waals surface area contributed by atoms with E-state index in [4.69, 9.17) is 9.47 Å². The van der Waals surface area contributed by atoms with E-state index >= 15 is 0 Å². The van der Waals surface area contributed by atoms with Gasteiger partial charge in [0.1, 0.15) is 11.6 Å². The number of carbonyl (C=O) groups is 3. The van der Waals surface area contributed by atoms with E-state index in [0.29, 0.717) is 11.1 Å². The Bertz CT molecular complexity index is 1020. The molecule has 3 rings (SSSR count). The summed E-state index contributed by atoms with van der Waals surface area (Å²) in [6.45, 7) is 1.46. The van der Waals surface area contributed by atoms with Gasteiger partial charge in [-0.3, -0.25) is 4.79 Å². The van der Waals surface area contributed by atoms with Gasteiger partial charge in [-0.2, -0.15) is 0 Å². The highest BCUT2D eigenvalue weighted by atomic mass is 19.1. The molecule has 0 spiro atoms. The summed E-state index contributed by atoms with van der Waals surface area (Å²) in [7, 11) is 0.